The van der Waals surface area contributed by atoms with Crippen LogP contribution in [0.5, 0.6) is 0 Å². The van der Waals surface area contributed by atoms with Crippen LogP contribution in [0.25, 0.3) is 21.5 Å². The second-order valence-electron chi connectivity index (χ2n) is 14.8. The van der Waals surface area contributed by atoms with Crippen molar-refractivity contribution in [3.8, 4) is 0 Å². The fraction of sp³-hybridized carbons (Fsp3) is 0.400. The molecule has 0 atom stereocenters. The molecule has 0 aromatic heterocycles. The molecule has 0 spiro atoms. The van der Waals surface area contributed by atoms with Gasteiger partial charge in [-0.15, -0.1) is 0 Å². The fourth-order valence-corrected chi connectivity index (χ4v) is 7.54. The Labute approximate surface area is 300 Å². The highest BCUT2D eigenvalue weighted by atomic mass is 79.9. The minimum atomic E-state index is -0.187. The lowest BCUT2D eigenvalue weighted by Crippen LogP contribution is -3.00. The van der Waals surface area contributed by atoms with Gasteiger partial charge in [0.2, 0.25) is 0 Å². The number of quaternary nitrogens is 2. The molecule has 4 amide bonds. The molecule has 0 N–H and O–H groups in total. The summed E-state index contributed by atoms with van der Waals surface area (Å²) in [6.45, 7) is 4.76. The molecule has 49 heavy (non-hydrogen) atoms. The summed E-state index contributed by atoms with van der Waals surface area (Å²) in [5, 5.41) is 3.42. The van der Waals surface area contributed by atoms with Crippen molar-refractivity contribution in [3.05, 3.63) is 95.1 Å². The second kappa shape index (κ2) is 14.9. The van der Waals surface area contributed by atoms with Crippen LogP contribution in [0.4, 0.5) is 0 Å². The second-order valence-corrected chi connectivity index (χ2v) is 14.8. The van der Waals surface area contributed by atoms with Crippen LogP contribution in [0.15, 0.2) is 72.8 Å². The largest absolute Gasteiger partial charge is 1.00 e. The number of benzene rings is 4. The molecule has 2 heterocycles. The van der Waals surface area contributed by atoms with E-state index in [-0.39, 0.29) is 40.6 Å². The van der Waals surface area contributed by atoms with E-state index >= 15 is 0 Å². The number of carbonyl (C=O) groups is 4. The number of nitrogens with zero attached hydrogens (tertiary/aromatic N) is 4. The Kier molecular flexibility index (Phi) is 11.1. The minimum absolute atomic E-state index is 0. The molecular weight excluding hydrogens is 680 g/mol. The van der Waals surface area contributed by atoms with Crippen molar-refractivity contribution in [2.75, 3.05) is 67.5 Å². The van der Waals surface area contributed by atoms with E-state index in [0.717, 1.165) is 95.2 Å². The number of hydrogen-bond donors (Lipinski definition) is 0. The smallest absolute Gasteiger partial charge is 0.261 e. The highest BCUT2D eigenvalue weighted by Crippen LogP contribution is 2.31. The van der Waals surface area contributed by atoms with Gasteiger partial charge in [-0.25, -0.2) is 0 Å². The third kappa shape index (κ3) is 7.64. The molecule has 2 aliphatic heterocycles. The average Bonchev–Trinajstić information content (AvgIpc) is 3.07. The molecule has 0 fully saturated rings. The Hall–Kier alpha value is -3.92. The highest BCUT2D eigenvalue weighted by molar-refractivity contribution is 6.26. The molecule has 258 valence electrons. The highest BCUT2D eigenvalue weighted by Gasteiger charge is 2.34. The number of imide groups is 2. The van der Waals surface area contributed by atoms with Crippen LogP contribution in [0.1, 0.15) is 80.0 Å². The topological polar surface area (TPSA) is 74.8 Å². The van der Waals surface area contributed by atoms with Gasteiger partial charge in [-0.1, -0.05) is 48.5 Å². The lowest BCUT2D eigenvalue weighted by atomic mass is 9.94. The number of carbonyl (C=O) groups excluding carboxylic acids is 4. The zero-order valence-electron chi connectivity index (χ0n) is 29.2. The van der Waals surface area contributed by atoms with Crippen molar-refractivity contribution in [3.63, 3.8) is 0 Å². The van der Waals surface area contributed by atoms with Gasteiger partial charge in [0, 0.05) is 59.0 Å². The van der Waals surface area contributed by atoms with Gasteiger partial charge >= 0.3 is 0 Å². The monoisotopic (exact) mass is 727 g/mol. The van der Waals surface area contributed by atoms with Crippen molar-refractivity contribution in [2.45, 2.75) is 38.5 Å². The number of hydrogen-bond acceptors (Lipinski definition) is 4. The molecular formula is C40H48BrN4O4+. The maximum atomic E-state index is 13.2. The Bertz CT molecular complexity index is 1660. The first-order chi connectivity index (χ1) is 23.0. The minimum Gasteiger partial charge on any atom is -1.00 e. The van der Waals surface area contributed by atoms with Gasteiger partial charge in [0.05, 0.1) is 54.4 Å². The molecule has 8 nitrogen and oxygen atoms in total. The van der Waals surface area contributed by atoms with Crippen LogP contribution in [0, 0.1) is 0 Å². The molecule has 2 aliphatic rings. The van der Waals surface area contributed by atoms with Crippen molar-refractivity contribution in [1.29, 1.82) is 0 Å². The maximum Gasteiger partial charge on any atom is 0.261 e. The molecule has 4 aromatic carbocycles. The van der Waals surface area contributed by atoms with Crippen LogP contribution in [0.2, 0.25) is 0 Å². The van der Waals surface area contributed by atoms with E-state index in [1.807, 2.05) is 72.8 Å². The molecule has 0 saturated heterocycles. The summed E-state index contributed by atoms with van der Waals surface area (Å²) >= 11 is 0. The van der Waals surface area contributed by atoms with Crippen molar-refractivity contribution in [1.82, 2.24) is 9.80 Å². The zero-order valence-corrected chi connectivity index (χ0v) is 30.8. The van der Waals surface area contributed by atoms with E-state index in [2.05, 4.69) is 28.2 Å². The number of unbranched alkanes of at least 4 members (excludes halogenated alkanes) is 3. The van der Waals surface area contributed by atoms with Crippen molar-refractivity contribution < 1.29 is 45.1 Å². The Morgan fingerprint density at radius 2 is 0.714 bits per heavy atom. The van der Waals surface area contributed by atoms with E-state index < -0.39 is 0 Å². The molecule has 0 radical (unpaired) electrons. The lowest BCUT2D eigenvalue weighted by molar-refractivity contribution is -0.891. The SMILES string of the molecule is C[N+](C)(CCCCCC[N+](C)(C)CCCN1C(=O)c2cccc3cccc(c23)C1=O)CCCN1C(=O)c2cccc3cccc(c23)C1=O.[Br-]. The predicted octanol–water partition coefficient (Wildman–Crippen LogP) is 3.38. The average molecular weight is 729 g/mol. The quantitative estimate of drug-likeness (QED) is 0.107. The molecule has 4 aromatic rings. The third-order valence-corrected chi connectivity index (χ3v) is 10.3. The number of halogens is 1. The number of amides is 4. The first-order valence-electron chi connectivity index (χ1n) is 17.4. The van der Waals surface area contributed by atoms with E-state index in [0.29, 0.717) is 35.3 Å². The molecule has 0 unspecified atom stereocenters. The zero-order chi connectivity index (χ0) is 34.1. The first kappa shape index (κ1) is 36.4. The van der Waals surface area contributed by atoms with Gasteiger partial charge in [-0.2, -0.15) is 0 Å². The van der Waals surface area contributed by atoms with Gasteiger partial charge in [-0.05, 0) is 60.7 Å². The summed E-state index contributed by atoms with van der Waals surface area (Å²) in [5.41, 5.74) is 2.48. The fourth-order valence-electron chi connectivity index (χ4n) is 7.54. The van der Waals surface area contributed by atoms with E-state index in [1.165, 1.54) is 9.80 Å². The predicted molar refractivity (Wildman–Crippen MR) is 190 cm³/mol. The summed E-state index contributed by atoms with van der Waals surface area (Å²) in [7, 11) is 8.92. The Morgan fingerprint density at radius 1 is 0.429 bits per heavy atom. The summed E-state index contributed by atoms with van der Waals surface area (Å²) in [4.78, 5) is 55.7. The molecule has 0 aliphatic carbocycles. The van der Waals surface area contributed by atoms with E-state index in [4.69, 9.17) is 0 Å². The van der Waals surface area contributed by atoms with Gasteiger partial charge in [0.25, 0.3) is 23.6 Å². The normalized spacial score (nSPS) is 14.6. The van der Waals surface area contributed by atoms with Crippen LogP contribution < -0.4 is 17.0 Å². The van der Waals surface area contributed by atoms with Crippen molar-refractivity contribution in [2.24, 2.45) is 0 Å². The number of rotatable bonds is 15. The molecule has 9 heteroatoms. The summed E-state index contributed by atoms with van der Waals surface area (Å²) in [6, 6.07) is 22.6. The van der Waals surface area contributed by atoms with Crippen molar-refractivity contribution >= 4 is 45.2 Å². The third-order valence-electron chi connectivity index (χ3n) is 10.3. The van der Waals surface area contributed by atoms with Crippen LogP contribution in [-0.2, 0) is 0 Å². The van der Waals surface area contributed by atoms with Crippen LogP contribution >= 0.6 is 0 Å². The molecule has 0 bridgehead atoms. The molecule has 6 rings (SSSR count). The van der Waals surface area contributed by atoms with Gasteiger partial charge in [-0.3, -0.25) is 29.0 Å². The summed E-state index contributed by atoms with van der Waals surface area (Å²) in [5.74, 6) is -0.748. The first-order valence-corrected chi connectivity index (χ1v) is 17.4. The van der Waals surface area contributed by atoms with Gasteiger partial charge < -0.3 is 25.9 Å². The van der Waals surface area contributed by atoms with Crippen LogP contribution in [0.3, 0.4) is 0 Å². The Morgan fingerprint density at radius 3 is 1.02 bits per heavy atom. The summed E-state index contributed by atoms with van der Waals surface area (Å²) in [6.07, 6.45) is 6.12. The van der Waals surface area contributed by atoms with Gasteiger partial charge in [0.1, 0.15) is 0 Å². The van der Waals surface area contributed by atoms with E-state index in [9.17, 15) is 19.2 Å². The van der Waals surface area contributed by atoms with E-state index in [1.54, 1.807) is 0 Å². The van der Waals surface area contributed by atoms with Gasteiger partial charge in [0.15, 0.2) is 0 Å². The Balaban J connectivity index is 0.00000468. The standard InChI is InChI=1S/C40H48N4O4.BrH/c1-43(2,27-13-23-41-37(45)31-19-9-15-29-16-10-20-32(35(29)31)38(41)46)25-7-5-6-8-26-44(3,4)28-14-24-42-39(47)33-21-11-17-30-18-12-22-34(36(30)33)40(42)48;/h9-12,15-22H,5-8,13-14,23-28H2,1-4H3;1H/q+2;/p-1. The molecule has 0 saturated carbocycles. The lowest BCUT2D eigenvalue weighted by Gasteiger charge is -2.32. The maximum absolute atomic E-state index is 13.2. The summed E-state index contributed by atoms with van der Waals surface area (Å²) < 4.78 is 1.72. The van der Waals surface area contributed by atoms with Crippen LogP contribution in [-0.4, -0.2) is 110 Å².